The fourth-order valence-electron chi connectivity index (χ4n) is 2.44. The summed E-state index contributed by atoms with van der Waals surface area (Å²) in [5.74, 6) is 0.780. The number of rotatable bonds is 3. The standard InChI is InChI=1S/C17H11ClN2O5S2/c18-11-3-1-2-4-15(11)27(22,23)20-17-19-16(21)14(26-17)8-10-5-6-12-13(7-10)25-9-24-12/h1-8H,9H2,(H,19,20,21). The van der Waals surface area contributed by atoms with E-state index in [1.54, 1.807) is 36.4 Å². The van der Waals surface area contributed by atoms with E-state index in [1.165, 1.54) is 12.1 Å². The van der Waals surface area contributed by atoms with E-state index in [4.69, 9.17) is 21.1 Å². The second-order valence-electron chi connectivity index (χ2n) is 5.48. The number of halogens is 1. The number of hydrogen-bond acceptors (Lipinski definition) is 6. The van der Waals surface area contributed by atoms with E-state index < -0.39 is 15.9 Å². The molecule has 10 heteroatoms. The summed E-state index contributed by atoms with van der Waals surface area (Å²) in [7, 11) is -4.05. The van der Waals surface area contributed by atoms with Gasteiger partial charge in [0.1, 0.15) is 4.90 Å². The van der Waals surface area contributed by atoms with Crippen molar-refractivity contribution in [2.45, 2.75) is 4.90 Å². The first-order valence-electron chi connectivity index (χ1n) is 7.62. The molecule has 0 bridgehead atoms. The van der Waals surface area contributed by atoms with Gasteiger partial charge < -0.3 is 9.47 Å². The molecule has 4 rings (SSSR count). The highest BCUT2D eigenvalue weighted by Crippen LogP contribution is 2.35. The van der Waals surface area contributed by atoms with Gasteiger partial charge in [-0.25, -0.2) is 0 Å². The molecule has 0 aromatic heterocycles. The van der Waals surface area contributed by atoms with E-state index in [2.05, 4.69) is 9.71 Å². The van der Waals surface area contributed by atoms with Gasteiger partial charge in [-0.3, -0.25) is 10.1 Å². The maximum absolute atomic E-state index is 12.4. The number of benzene rings is 2. The van der Waals surface area contributed by atoms with Crippen LogP contribution in [0.4, 0.5) is 0 Å². The minimum Gasteiger partial charge on any atom is -0.454 e. The largest absolute Gasteiger partial charge is 0.454 e. The monoisotopic (exact) mass is 422 g/mol. The van der Waals surface area contributed by atoms with Crippen molar-refractivity contribution in [3.8, 4) is 11.5 Å². The zero-order valence-electron chi connectivity index (χ0n) is 13.5. The van der Waals surface area contributed by atoms with Crippen LogP contribution < -0.4 is 14.8 Å². The third-order valence-corrected chi connectivity index (χ3v) is 6.46. The van der Waals surface area contributed by atoms with Gasteiger partial charge in [-0.05, 0) is 47.7 Å². The fraction of sp³-hybridized carbons (Fsp3) is 0.0588. The van der Waals surface area contributed by atoms with Gasteiger partial charge in [-0.15, -0.1) is 4.40 Å². The SMILES string of the molecule is O=C1NC(=NS(=O)(=O)c2ccccc2Cl)SC1=Cc1ccc2c(c1)OCO2. The van der Waals surface area contributed by atoms with Gasteiger partial charge >= 0.3 is 0 Å². The number of amides is 1. The maximum Gasteiger partial charge on any atom is 0.286 e. The van der Waals surface area contributed by atoms with E-state index >= 15 is 0 Å². The van der Waals surface area contributed by atoms with Crippen molar-refractivity contribution < 1.29 is 22.7 Å². The first-order chi connectivity index (χ1) is 12.9. The Morgan fingerprint density at radius 1 is 1.15 bits per heavy atom. The van der Waals surface area contributed by atoms with Crippen LogP contribution in [0.1, 0.15) is 5.56 Å². The molecule has 1 saturated heterocycles. The Bertz CT molecular complexity index is 1110. The van der Waals surface area contributed by atoms with Crippen molar-refractivity contribution in [1.29, 1.82) is 0 Å². The molecular formula is C17H11ClN2O5S2. The number of ether oxygens (including phenoxy) is 2. The Morgan fingerprint density at radius 2 is 1.93 bits per heavy atom. The smallest absolute Gasteiger partial charge is 0.286 e. The van der Waals surface area contributed by atoms with Crippen LogP contribution in [0.2, 0.25) is 5.02 Å². The summed E-state index contributed by atoms with van der Waals surface area (Å²) in [5.41, 5.74) is 0.715. The Hall–Kier alpha value is -2.49. The number of amidine groups is 1. The van der Waals surface area contributed by atoms with Gasteiger partial charge in [-0.2, -0.15) is 8.42 Å². The first-order valence-corrected chi connectivity index (χ1v) is 10.3. The van der Waals surface area contributed by atoms with Crippen LogP contribution in [0.15, 0.2) is 56.7 Å². The second-order valence-corrected chi connectivity index (χ2v) is 8.49. The number of sulfonamides is 1. The average molecular weight is 423 g/mol. The Balaban J connectivity index is 1.60. The fourth-order valence-corrected chi connectivity index (χ4v) is 4.93. The molecule has 0 spiro atoms. The van der Waals surface area contributed by atoms with Crippen LogP contribution in [-0.2, 0) is 14.8 Å². The molecule has 0 atom stereocenters. The number of thioether (sulfide) groups is 1. The molecule has 1 fully saturated rings. The highest BCUT2D eigenvalue weighted by molar-refractivity contribution is 8.19. The van der Waals surface area contributed by atoms with Crippen molar-refractivity contribution in [2.75, 3.05) is 6.79 Å². The van der Waals surface area contributed by atoms with Crippen molar-refractivity contribution in [3.63, 3.8) is 0 Å². The molecule has 2 aromatic carbocycles. The minimum absolute atomic E-state index is 0.0353. The molecule has 0 saturated carbocycles. The van der Waals surface area contributed by atoms with Crippen LogP contribution in [-0.4, -0.2) is 26.3 Å². The quantitative estimate of drug-likeness (QED) is 0.764. The van der Waals surface area contributed by atoms with Crippen molar-refractivity contribution >= 4 is 50.5 Å². The summed E-state index contributed by atoms with van der Waals surface area (Å²) in [4.78, 5) is 12.3. The minimum atomic E-state index is -4.05. The molecule has 1 amide bonds. The van der Waals surface area contributed by atoms with E-state index in [0.717, 1.165) is 11.8 Å². The predicted molar refractivity (Wildman–Crippen MR) is 102 cm³/mol. The van der Waals surface area contributed by atoms with E-state index in [1.807, 2.05) is 0 Å². The van der Waals surface area contributed by atoms with E-state index in [-0.39, 0.29) is 21.9 Å². The average Bonchev–Trinajstić information content (AvgIpc) is 3.21. The molecule has 27 heavy (non-hydrogen) atoms. The second kappa shape index (κ2) is 6.91. The number of nitrogens with zero attached hydrogens (tertiary/aromatic N) is 1. The summed E-state index contributed by atoms with van der Waals surface area (Å²) in [6.45, 7) is 0.154. The molecule has 2 aliphatic heterocycles. The zero-order chi connectivity index (χ0) is 19.0. The Morgan fingerprint density at radius 3 is 2.74 bits per heavy atom. The van der Waals surface area contributed by atoms with E-state index in [0.29, 0.717) is 22.0 Å². The lowest BCUT2D eigenvalue weighted by molar-refractivity contribution is -0.115. The van der Waals surface area contributed by atoms with Gasteiger partial charge in [0.25, 0.3) is 15.9 Å². The summed E-state index contributed by atoms with van der Waals surface area (Å²) in [5, 5.41) is 2.48. The maximum atomic E-state index is 12.4. The predicted octanol–water partition coefficient (Wildman–Crippen LogP) is 3.02. The third kappa shape index (κ3) is 3.66. The molecule has 2 aromatic rings. The Labute approximate surface area is 164 Å². The first kappa shape index (κ1) is 17.9. The normalized spacial score (nSPS) is 18.9. The van der Waals surface area contributed by atoms with Gasteiger partial charge in [0.05, 0.1) is 9.93 Å². The highest BCUT2D eigenvalue weighted by Gasteiger charge is 2.27. The van der Waals surface area contributed by atoms with Crippen molar-refractivity contribution in [3.05, 3.63) is 58.0 Å². The van der Waals surface area contributed by atoms with Crippen molar-refractivity contribution in [2.24, 2.45) is 4.40 Å². The number of hydrogen-bond donors (Lipinski definition) is 1. The highest BCUT2D eigenvalue weighted by atomic mass is 35.5. The van der Waals surface area contributed by atoms with Crippen LogP contribution in [0.5, 0.6) is 11.5 Å². The van der Waals surface area contributed by atoms with Crippen LogP contribution in [0.3, 0.4) is 0 Å². The number of nitrogens with one attached hydrogen (secondary N) is 1. The summed E-state index contributed by atoms with van der Waals surface area (Å²) in [6, 6.07) is 11.2. The number of fused-ring (bicyclic) bond motifs is 1. The van der Waals surface area contributed by atoms with Gasteiger partial charge in [0.15, 0.2) is 16.7 Å². The van der Waals surface area contributed by atoms with Crippen LogP contribution >= 0.6 is 23.4 Å². The molecule has 1 N–H and O–H groups in total. The Kier molecular flexibility index (Phi) is 4.58. The lowest BCUT2D eigenvalue weighted by Gasteiger charge is -2.01. The number of carbonyl (C=O) groups is 1. The summed E-state index contributed by atoms with van der Waals surface area (Å²) >= 11 is 6.86. The lowest BCUT2D eigenvalue weighted by Crippen LogP contribution is -2.20. The van der Waals surface area contributed by atoms with E-state index in [9.17, 15) is 13.2 Å². The topological polar surface area (TPSA) is 94.1 Å². The van der Waals surface area contributed by atoms with Gasteiger partial charge in [-0.1, -0.05) is 29.8 Å². The van der Waals surface area contributed by atoms with Crippen molar-refractivity contribution in [1.82, 2.24) is 5.32 Å². The molecular weight excluding hydrogens is 412 g/mol. The zero-order valence-corrected chi connectivity index (χ0v) is 15.9. The van der Waals surface area contributed by atoms with Gasteiger partial charge in [0, 0.05) is 0 Å². The third-order valence-electron chi connectivity index (χ3n) is 3.66. The number of carbonyl (C=O) groups excluding carboxylic acids is 1. The summed E-state index contributed by atoms with van der Waals surface area (Å²) < 4.78 is 39.1. The molecule has 2 heterocycles. The molecule has 0 radical (unpaired) electrons. The molecule has 2 aliphatic rings. The van der Waals surface area contributed by atoms with Crippen LogP contribution in [0, 0.1) is 0 Å². The van der Waals surface area contributed by atoms with Crippen LogP contribution in [0.25, 0.3) is 6.08 Å². The molecule has 7 nitrogen and oxygen atoms in total. The molecule has 0 aliphatic carbocycles. The molecule has 0 unspecified atom stereocenters. The van der Waals surface area contributed by atoms with Gasteiger partial charge in [0.2, 0.25) is 6.79 Å². The molecule has 138 valence electrons. The summed E-state index contributed by atoms with van der Waals surface area (Å²) in [6.07, 6.45) is 1.62. The lowest BCUT2D eigenvalue weighted by atomic mass is 10.2.